The van der Waals surface area contributed by atoms with Crippen molar-refractivity contribution in [2.45, 2.75) is 44.5 Å². The van der Waals surface area contributed by atoms with E-state index in [0.717, 1.165) is 11.7 Å². The van der Waals surface area contributed by atoms with Crippen molar-refractivity contribution in [2.75, 3.05) is 5.75 Å². The molecule has 1 fully saturated rings. The highest BCUT2D eigenvalue weighted by molar-refractivity contribution is 8.77. The third-order valence-corrected chi connectivity index (χ3v) is 5.29. The SMILES string of the molecule is CC(C)C(O)CCC1CCSS1. The molecule has 1 saturated heterocycles. The average Bonchev–Trinajstić information content (AvgIpc) is 2.51. The predicted octanol–water partition coefficient (Wildman–Crippen LogP) is 2.94. The van der Waals surface area contributed by atoms with Gasteiger partial charge in [0.05, 0.1) is 6.10 Å². The minimum absolute atomic E-state index is 0.0869. The van der Waals surface area contributed by atoms with Gasteiger partial charge in [-0.15, -0.1) is 0 Å². The Kier molecular flexibility index (Phi) is 4.84. The molecule has 0 spiro atoms. The molecule has 1 rings (SSSR count). The minimum atomic E-state index is -0.0869. The molecule has 0 aromatic heterocycles. The molecule has 0 aromatic rings. The third kappa shape index (κ3) is 3.58. The molecule has 1 heterocycles. The molecular formula is C9H18OS2. The Bertz CT molecular complexity index is 120. The van der Waals surface area contributed by atoms with Crippen LogP contribution in [0.1, 0.15) is 33.1 Å². The Morgan fingerprint density at radius 2 is 2.25 bits per heavy atom. The molecule has 0 amide bonds. The second-order valence-corrected chi connectivity index (χ2v) is 6.51. The van der Waals surface area contributed by atoms with Crippen LogP contribution in [0.25, 0.3) is 0 Å². The van der Waals surface area contributed by atoms with Crippen molar-refractivity contribution < 1.29 is 5.11 Å². The zero-order chi connectivity index (χ0) is 8.97. The summed E-state index contributed by atoms with van der Waals surface area (Å²) in [5.41, 5.74) is 0. The smallest absolute Gasteiger partial charge is 0.0563 e. The van der Waals surface area contributed by atoms with Crippen LogP contribution in [0.15, 0.2) is 0 Å². The first kappa shape index (κ1) is 10.7. The Balaban J connectivity index is 2.07. The van der Waals surface area contributed by atoms with Crippen LogP contribution >= 0.6 is 21.6 Å². The molecule has 1 nitrogen and oxygen atoms in total. The molecule has 1 aliphatic heterocycles. The van der Waals surface area contributed by atoms with Gasteiger partial charge in [-0.05, 0) is 25.2 Å². The van der Waals surface area contributed by atoms with Gasteiger partial charge >= 0.3 is 0 Å². The molecule has 0 radical (unpaired) electrons. The molecule has 1 aliphatic rings. The second-order valence-electron chi connectivity index (χ2n) is 3.72. The van der Waals surface area contributed by atoms with Gasteiger partial charge in [-0.2, -0.15) is 0 Å². The fourth-order valence-electron chi connectivity index (χ4n) is 1.25. The van der Waals surface area contributed by atoms with E-state index < -0.39 is 0 Å². The van der Waals surface area contributed by atoms with Crippen LogP contribution < -0.4 is 0 Å². The van der Waals surface area contributed by atoms with Crippen LogP contribution in [0.2, 0.25) is 0 Å². The molecule has 0 aliphatic carbocycles. The Morgan fingerprint density at radius 1 is 1.50 bits per heavy atom. The highest BCUT2D eigenvalue weighted by atomic mass is 33.1. The number of rotatable bonds is 4. The van der Waals surface area contributed by atoms with Crippen LogP contribution in [0.4, 0.5) is 0 Å². The molecule has 3 heteroatoms. The summed E-state index contributed by atoms with van der Waals surface area (Å²) in [6.07, 6.45) is 3.42. The summed E-state index contributed by atoms with van der Waals surface area (Å²) in [7, 11) is 3.98. The number of aliphatic hydroxyl groups excluding tert-OH is 1. The van der Waals surface area contributed by atoms with E-state index in [1.807, 2.05) is 21.6 Å². The van der Waals surface area contributed by atoms with E-state index >= 15 is 0 Å². The van der Waals surface area contributed by atoms with Gasteiger partial charge in [0, 0.05) is 11.0 Å². The zero-order valence-electron chi connectivity index (χ0n) is 7.82. The van der Waals surface area contributed by atoms with Gasteiger partial charge in [-0.1, -0.05) is 35.4 Å². The Labute approximate surface area is 83.1 Å². The molecule has 2 unspecified atom stereocenters. The fourth-order valence-corrected chi connectivity index (χ4v) is 4.25. The summed E-state index contributed by atoms with van der Waals surface area (Å²) >= 11 is 0. The maximum absolute atomic E-state index is 9.57. The summed E-state index contributed by atoms with van der Waals surface area (Å²) in [6.45, 7) is 4.17. The summed E-state index contributed by atoms with van der Waals surface area (Å²) in [4.78, 5) is 0. The lowest BCUT2D eigenvalue weighted by atomic mass is 10.0. The lowest BCUT2D eigenvalue weighted by Gasteiger charge is -2.15. The minimum Gasteiger partial charge on any atom is -0.393 e. The van der Waals surface area contributed by atoms with E-state index in [-0.39, 0.29) is 6.10 Å². The van der Waals surface area contributed by atoms with Crippen molar-refractivity contribution >= 4 is 21.6 Å². The van der Waals surface area contributed by atoms with Crippen molar-refractivity contribution in [1.29, 1.82) is 0 Å². The molecular weight excluding hydrogens is 188 g/mol. The average molecular weight is 206 g/mol. The van der Waals surface area contributed by atoms with E-state index in [1.165, 1.54) is 18.6 Å². The van der Waals surface area contributed by atoms with Gasteiger partial charge in [0.25, 0.3) is 0 Å². The van der Waals surface area contributed by atoms with Gasteiger partial charge in [0.2, 0.25) is 0 Å². The highest BCUT2D eigenvalue weighted by Gasteiger charge is 2.18. The van der Waals surface area contributed by atoms with Crippen LogP contribution in [0.3, 0.4) is 0 Å². The van der Waals surface area contributed by atoms with Gasteiger partial charge in [0.1, 0.15) is 0 Å². The summed E-state index contributed by atoms with van der Waals surface area (Å²) < 4.78 is 0. The van der Waals surface area contributed by atoms with Crippen molar-refractivity contribution in [1.82, 2.24) is 0 Å². The number of hydrogen-bond acceptors (Lipinski definition) is 3. The first-order valence-corrected chi connectivity index (χ1v) is 7.04. The van der Waals surface area contributed by atoms with Gasteiger partial charge < -0.3 is 5.11 Å². The maximum Gasteiger partial charge on any atom is 0.0563 e. The van der Waals surface area contributed by atoms with E-state index in [1.54, 1.807) is 0 Å². The normalized spacial score (nSPS) is 26.5. The van der Waals surface area contributed by atoms with Gasteiger partial charge in [-0.3, -0.25) is 0 Å². The molecule has 2 atom stereocenters. The molecule has 1 N–H and O–H groups in total. The van der Waals surface area contributed by atoms with Crippen molar-refractivity contribution in [3.05, 3.63) is 0 Å². The maximum atomic E-state index is 9.57. The van der Waals surface area contributed by atoms with Crippen molar-refractivity contribution in [2.24, 2.45) is 5.92 Å². The highest BCUT2D eigenvalue weighted by Crippen LogP contribution is 2.40. The lowest BCUT2D eigenvalue weighted by molar-refractivity contribution is 0.114. The van der Waals surface area contributed by atoms with E-state index in [2.05, 4.69) is 13.8 Å². The van der Waals surface area contributed by atoms with Gasteiger partial charge in [0.15, 0.2) is 0 Å². The fraction of sp³-hybridized carbons (Fsp3) is 1.00. The largest absolute Gasteiger partial charge is 0.393 e. The molecule has 0 saturated carbocycles. The number of hydrogen-bond donors (Lipinski definition) is 1. The second kappa shape index (κ2) is 5.40. The van der Waals surface area contributed by atoms with Crippen molar-refractivity contribution in [3.8, 4) is 0 Å². The topological polar surface area (TPSA) is 20.2 Å². The monoisotopic (exact) mass is 206 g/mol. The molecule has 0 bridgehead atoms. The van der Waals surface area contributed by atoms with Gasteiger partial charge in [-0.25, -0.2) is 0 Å². The zero-order valence-corrected chi connectivity index (χ0v) is 9.46. The first-order valence-electron chi connectivity index (χ1n) is 4.66. The quantitative estimate of drug-likeness (QED) is 0.714. The summed E-state index contributed by atoms with van der Waals surface area (Å²) in [5.74, 6) is 1.72. The third-order valence-electron chi connectivity index (χ3n) is 2.28. The molecule has 72 valence electrons. The Hall–Kier alpha value is 0.660. The van der Waals surface area contributed by atoms with E-state index in [4.69, 9.17) is 0 Å². The van der Waals surface area contributed by atoms with E-state index in [9.17, 15) is 5.11 Å². The summed E-state index contributed by atoms with van der Waals surface area (Å²) in [5, 5.41) is 10.4. The van der Waals surface area contributed by atoms with Crippen molar-refractivity contribution in [3.63, 3.8) is 0 Å². The van der Waals surface area contributed by atoms with Crippen LogP contribution in [0, 0.1) is 5.92 Å². The first-order chi connectivity index (χ1) is 5.70. The van der Waals surface area contributed by atoms with Crippen LogP contribution in [0.5, 0.6) is 0 Å². The summed E-state index contributed by atoms with van der Waals surface area (Å²) in [6, 6.07) is 0. The predicted molar refractivity (Wildman–Crippen MR) is 58.5 cm³/mol. The lowest BCUT2D eigenvalue weighted by Crippen LogP contribution is -2.16. The van der Waals surface area contributed by atoms with E-state index in [0.29, 0.717) is 5.92 Å². The van der Waals surface area contributed by atoms with Crippen LogP contribution in [-0.2, 0) is 0 Å². The molecule has 0 aromatic carbocycles. The Morgan fingerprint density at radius 3 is 2.75 bits per heavy atom. The number of aliphatic hydroxyl groups is 1. The molecule has 12 heavy (non-hydrogen) atoms. The standard InChI is InChI=1S/C9H18OS2/c1-7(2)9(10)4-3-8-5-6-11-12-8/h7-10H,3-6H2,1-2H3. The van der Waals surface area contributed by atoms with Crippen LogP contribution in [-0.4, -0.2) is 22.2 Å².